The molecule has 0 bridgehead atoms. The van der Waals surface area contributed by atoms with Gasteiger partial charge in [-0.15, -0.1) is 0 Å². The van der Waals surface area contributed by atoms with E-state index >= 15 is 0 Å². The molecule has 8 heteroatoms. The summed E-state index contributed by atoms with van der Waals surface area (Å²) < 4.78 is 38.6. The molecule has 1 N–H and O–H groups in total. The summed E-state index contributed by atoms with van der Waals surface area (Å²) in [5.74, 6) is -1.37. The number of carbonyl (C=O) groups is 1. The van der Waals surface area contributed by atoms with Gasteiger partial charge in [0.15, 0.2) is 0 Å². The molecule has 1 amide bonds. The van der Waals surface area contributed by atoms with Crippen LogP contribution in [-0.2, 0) is 21.2 Å². The highest BCUT2D eigenvalue weighted by atomic mass is 32.2. The minimum atomic E-state index is -3.84. The molecule has 2 rings (SSSR count). The molecule has 6 nitrogen and oxygen atoms in total. The smallest absolute Gasteiger partial charge is 0.260 e. The van der Waals surface area contributed by atoms with Crippen molar-refractivity contribution in [3.05, 3.63) is 66.0 Å². The molecule has 0 radical (unpaired) electrons. The number of amides is 1. The van der Waals surface area contributed by atoms with Gasteiger partial charge in [-0.1, -0.05) is 42.5 Å². The van der Waals surface area contributed by atoms with E-state index in [0.717, 1.165) is 24.3 Å². The maximum absolute atomic E-state index is 13.9. The van der Waals surface area contributed by atoms with E-state index in [-0.39, 0.29) is 5.69 Å². The van der Waals surface area contributed by atoms with Crippen LogP contribution in [0.15, 0.2) is 59.7 Å². The molecular formula is C19H22FN3O3S. The number of hydrogen-bond acceptors (Lipinski definition) is 4. The first kappa shape index (κ1) is 20.6. The Balaban J connectivity index is 1.98. The van der Waals surface area contributed by atoms with Gasteiger partial charge in [-0.25, -0.2) is 18.2 Å². The number of hydrogen-bond donors (Lipinski definition) is 1. The third-order valence-corrected chi connectivity index (χ3v) is 4.92. The highest BCUT2D eigenvalue weighted by Gasteiger charge is 2.23. The molecule has 0 unspecified atom stereocenters. The monoisotopic (exact) mass is 391 g/mol. The molecule has 0 aliphatic heterocycles. The molecule has 0 aliphatic carbocycles. The fourth-order valence-electron chi connectivity index (χ4n) is 2.38. The van der Waals surface area contributed by atoms with Crippen molar-refractivity contribution in [1.82, 2.24) is 5.43 Å². The molecule has 0 atom stereocenters. The Morgan fingerprint density at radius 3 is 2.37 bits per heavy atom. The zero-order chi connectivity index (χ0) is 19.9. The van der Waals surface area contributed by atoms with Crippen molar-refractivity contribution in [1.29, 1.82) is 0 Å². The second kappa shape index (κ2) is 9.27. The predicted octanol–water partition coefficient (Wildman–Crippen LogP) is 2.72. The average molecular weight is 391 g/mol. The second-order valence-corrected chi connectivity index (χ2v) is 8.00. The molecule has 0 spiro atoms. The summed E-state index contributed by atoms with van der Waals surface area (Å²) >= 11 is 0. The lowest BCUT2D eigenvalue weighted by atomic mass is 10.1. The van der Waals surface area contributed by atoms with Crippen LogP contribution < -0.4 is 9.73 Å². The number of nitrogens with zero attached hydrogens (tertiary/aromatic N) is 2. The molecule has 2 aromatic rings. The maximum Gasteiger partial charge on any atom is 0.260 e. The van der Waals surface area contributed by atoms with Crippen LogP contribution in [0.5, 0.6) is 0 Å². The molecule has 0 aliphatic rings. The Hall–Kier alpha value is -2.74. The number of nitrogens with one attached hydrogen (secondary N) is 1. The van der Waals surface area contributed by atoms with Crippen molar-refractivity contribution in [3.63, 3.8) is 0 Å². The molecule has 27 heavy (non-hydrogen) atoms. The number of rotatable bonds is 8. The number of aryl methyl sites for hydroxylation is 1. The molecule has 0 aromatic heterocycles. The third kappa shape index (κ3) is 6.49. The Morgan fingerprint density at radius 1 is 1.11 bits per heavy atom. The molecule has 0 saturated heterocycles. The summed E-state index contributed by atoms with van der Waals surface area (Å²) in [6, 6.07) is 15.2. The molecular weight excluding hydrogens is 369 g/mol. The zero-order valence-electron chi connectivity index (χ0n) is 15.2. The molecule has 0 saturated carbocycles. The number of para-hydroxylation sites is 1. The van der Waals surface area contributed by atoms with Crippen LogP contribution in [-0.4, -0.2) is 32.8 Å². The average Bonchev–Trinajstić information content (AvgIpc) is 2.63. The number of sulfonamides is 1. The van der Waals surface area contributed by atoms with Crippen molar-refractivity contribution in [3.8, 4) is 0 Å². The van der Waals surface area contributed by atoms with Crippen molar-refractivity contribution in [2.75, 3.05) is 17.1 Å². The lowest BCUT2D eigenvalue weighted by molar-refractivity contribution is -0.119. The van der Waals surface area contributed by atoms with Gasteiger partial charge in [-0.05, 0) is 37.5 Å². The Kier molecular flexibility index (Phi) is 7.06. The van der Waals surface area contributed by atoms with E-state index in [2.05, 4.69) is 10.5 Å². The van der Waals surface area contributed by atoms with Crippen LogP contribution in [0.25, 0.3) is 0 Å². The van der Waals surface area contributed by atoms with Crippen molar-refractivity contribution < 1.29 is 17.6 Å². The SMILES string of the molecule is C/C(CCc1ccccc1)=N/NC(=O)CN(c1ccccc1F)S(C)(=O)=O. The van der Waals surface area contributed by atoms with Gasteiger partial charge >= 0.3 is 0 Å². The predicted molar refractivity (Wildman–Crippen MR) is 105 cm³/mol. The van der Waals surface area contributed by atoms with Crippen LogP contribution in [0.3, 0.4) is 0 Å². The van der Waals surface area contributed by atoms with Crippen LogP contribution in [0, 0.1) is 5.82 Å². The molecule has 2 aromatic carbocycles. The summed E-state index contributed by atoms with van der Waals surface area (Å²) in [7, 11) is -3.84. The number of hydrazone groups is 1. The summed E-state index contributed by atoms with van der Waals surface area (Å²) in [4.78, 5) is 12.1. The van der Waals surface area contributed by atoms with E-state index < -0.39 is 28.3 Å². The van der Waals surface area contributed by atoms with E-state index in [1.165, 1.54) is 18.2 Å². The number of anilines is 1. The maximum atomic E-state index is 13.9. The summed E-state index contributed by atoms with van der Waals surface area (Å²) in [5.41, 5.74) is 4.00. The van der Waals surface area contributed by atoms with Crippen LogP contribution >= 0.6 is 0 Å². The van der Waals surface area contributed by atoms with E-state index in [9.17, 15) is 17.6 Å². The second-order valence-electron chi connectivity index (χ2n) is 6.09. The molecule has 0 fully saturated rings. The van der Waals surface area contributed by atoms with Gasteiger partial charge in [-0.2, -0.15) is 5.10 Å². The summed E-state index contributed by atoms with van der Waals surface area (Å²) in [6.07, 6.45) is 2.34. The van der Waals surface area contributed by atoms with Crippen LogP contribution in [0.4, 0.5) is 10.1 Å². The first-order valence-electron chi connectivity index (χ1n) is 8.35. The van der Waals surface area contributed by atoms with E-state index in [4.69, 9.17) is 0 Å². The standard InChI is InChI=1S/C19H22FN3O3S/c1-15(12-13-16-8-4-3-5-9-16)21-22-19(24)14-23(27(2,25)26)18-11-7-6-10-17(18)20/h3-11H,12-14H2,1-2H3,(H,22,24)/b21-15-. The summed E-state index contributed by atoms with van der Waals surface area (Å²) in [5, 5.41) is 3.99. The first-order chi connectivity index (χ1) is 12.8. The van der Waals surface area contributed by atoms with Gasteiger partial charge in [0.05, 0.1) is 11.9 Å². The van der Waals surface area contributed by atoms with E-state index in [1.54, 1.807) is 6.92 Å². The fraction of sp³-hybridized carbons (Fsp3) is 0.263. The minimum absolute atomic E-state index is 0.181. The Bertz CT molecular complexity index is 915. The Labute approximate surface area is 158 Å². The Morgan fingerprint density at radius 2 is 1.74 bits per heavy atom. The topological polar surface area (TPSA) is 78.8 Å². The fourth-order valence-corrected chi connectivity index (χ4v) is 3.24. The van der Waals surface area contributed by atoms with Gasteiger partial charge in [-0.3, -0.25) is 9.10 Å². The molecule has 0 heterocycles. The largest absolute Gasteiger partial charge is 0.271 e. The van der Waals surface area contributed by atoms with E-state index in [1.807, 2.05) is 30.3 Å². The zero-order valence-corrected chi connectivity index (χ0v) is 16.0. The van der Waals surface area contributed by atoms with Crippen LogP contribution in [0.1, 0.15) is 18.9 Å². The van der Waals surface area contributed by atoms with Gasteiger partial charge in [0, 0.05) is 5.71 Å². The first-order valence-corrected chi connectivity index (χ1v) is 10.2. The summed E-state index contributed by atoms with van der Waals surface area (Å²) in [6.45, 7) is 1.21. The lowest BCUT2D eigenvalue weighted by Crippen LogP contribution is -2.39. The number of halogens is 1. The van der Waals surface area contributed by atoms with Crippen molar-refractivity contribution in [2.24, 2.45) is 5.10 Å². The minimum Gasteiger partial charge on any atom is -0.271 e. The van der Waals surface area contributed by atoms with Crippen molar-refractivity contribution >= 4 is 27.3 Å². The lowest BCUT2D eigenvalue weighted by Gasteiger charge is -2.21. The van der Waals surface area contributed by atoms with E-state index in [0.29, 0.717) is 16.4 Å². The molecule has 144 valence electrons. The van der Waals surface area contributed by atoms with Crippen LogP contribution in [0.2, 0.25) is 0 Å². The normalized spacial score (nSPS) is 11.9. The number of carbonyl (C=O) groups excluding carboxylic acids is 1. The number of benzene rings is 2. The quantitative estimate of drug-likeness (QED) is 0.555. The van der Waals surface area contributed by atoms with Gasteiger partial charge < -0.3 is 0 Å². The van der Waals surface area contributed by atoms with Gasteiger partial charge in [0.25, 0.3) is 5.91 Å². The van der Waals surface area contributed by atoms with Gasteiger partial charge in [0.1, 0.15) is 12.4 Å². The highest BCUT2D eigenvalue weighted by Crippen LogP contribution is 2.20. The third-order valence-electron chi connectivity index (χ3n) is 3.80. The van der Waals surface area contributed by atoms with Gasteiger partial charge in [0.2, 0.25) is 10.0 Å². The highest BCUT2D eigenvalue weighted by molar-refractivity contribution is 7.92. The van der Waals surface area contributed by atoms with Crippen molar-refractivity contribution in [2.45, 2.75) is 19.8 Å².